The molecule has 0 aromatic heterocycles. The minimum Gasteiger partial charge on any atom is -0.507 e. The van der Waals surface area contributed by atoms with Gasteiger partial charge in [0, 0.05) is 12.2 Å². The van der Waals surface area contributed by atoms with Crippen molar-refractivity contribution in [3.8, 4) is 5.75 Å². The highest BCUT2D eigenvalue weighted by molar-refractivity contribution is 6.06. The van der Waals surface area contributed by atoms with Gasteiger partial charge in [0.05, 0.1) is 5.56 Å². The topological polar surface area (TPSA) is 61.4 Å². The Balaban J connectivity index is 1.81. The predicted molar refractivity (Wildman–Crippen MR) is 82.6 cm³/mol. The van der Waals surface area contributed by atoms with Crippen molar-refractivity contribution in [2.75, 3.05) is 11.9 Å². The van der Waals surface area contributed by atoms with Crippen molar-refractivity contribution in [3.63, 3.8) is 0 Å². The Labute approximate surface area is 123 Å². The van der Waals surface area contributed by atoms with Crippen molar-refractivity contribution in [1.29, 1.82) is 0 Å². The zero-order valence-electron chi connectivity index (χ0n) is 11.9. The average molecular weight is 282 g/mol. The molecule has 4 heteroatoms. The van der Waals surface area contributed by atoms with Gasteiger partial charge < -0.3 is 15.7 Å². The molecular weight excluding hydrogens is 264 g/mol. The van der Waals surface area contributed by atoms with Crippen LogP contribution in [-0.2, 0) is 13.0 Å². The lowest BCUT2D eigenvalue weighted by molar-refractivity contribution is 0.102. The van der Waals surface area contributed by atoms with E-state index in [1.165, 1.54) is 11.1 Å². The Morgan fingerprint density at radius 1 is 1.19 bits per heavy atom. The number of carbonyl (C=O) groups is 1. The molecule has 0 unspecified atom stereocenters. The minimum absolute atomic E-state index is 0.00660. The van der Waals surface area contributed by atoms with E-state index in [0.717, 1.165) is 30.8 Å². The Bertz CT molecular complexity index is 695. The average Bonchev–Trinajstić information content (AvgIpc) is 2.47. The summed E-state index contributed by atoms with van der Waals surface area (Å²) in [6, 6.07) is 11.0. The van der Waals surface area contributed by atoms with Gasteiger partial charge in [0.15, 0.2) is 0 Å². The Morgan fingerprint density at radius 3 is 2.86 bits per heavy atom. The SMILES string of the molecule is Cc1ccc(C(=O)Nc2ccc3c(c2)CNCC3)c(O)c1. The molecule has 0 radical (unpaired) electrons. The van der Waals surface area contributed by atoms with Crippen LogP contribution in [0.1, 0.15) is 27.0 Å². The second kappa shape index (κ2) is 5.58. The number of aromatic hydroxyl groups is 1. The van der Waals surface area contributed by atoms with E-state index in [4.69, 9.17) is 0 Å². The van der Waals surface area contributed by atoms with Crippen LogP contribution in [-0.4, -0.2) is 17.6 Å². The number of benzene rings is 2. The van der Waals surface area contributed by atoms with Crippen LogP contribution in [0.5, 0.6) is 5.75 Å². The zero-order chi connectivity index (χ0) is 14.8. The number of phenolic OH excluding ortho intramolecular Hbond substituents is 1. The van der Waals surface area contributed by atoms with Crippen molar-refractivity contribution >= 4 is 11.6 Å². The maximum absolute atomic E-state index is 12.2. The van der Waals surface area contributed by atoms with Crippen LogP contribution < -0.4 is 10.6 Å². The molecule has 108 valence electrons. The molecule has 3 N–H and O–H groups in total. The fourth-order valence-corrected chi connectivity index (χ4v) is 2.59. The molecule has 1 aliphatic heterocycles. The number of hydrogen-bond acceptors (Lipinski definition) is 3. The summed E-state index contributed by atoms with van der Waals surface area (Å²) in [7, 11) is 0. The molecule has 0 saturated carbocycles. The predicted octanol–water partition coefficient (Wildman–Crippen LogP) is 2.60. The third-order valence-electron chi connectivity index (χ3n) is 3.75. The minimum atomic E-state index is -0.295. The molecule has 2 aromatic carbocycles. The van der Waals surface area contributed by atoms with E-state index in [1.54, 1.807) is 12.1 Å². The summed E-state index contributed by atoms with van der Waals surface area (Å²) >= 11 is 0. The smallest absolute Gasteiger partial charge is 0.259 e. The largest absolute Gasteiger partial charge is 0.507 e. The van der Waals surface area contributed by atoms with Crippen molar-refractivity contribution in [2.45, 2.75) is 19.9 Å². The summed E-state index contributed by atoms with van der Waals surface area (Å²) in [5.41, 5.74) is 4.50. The van der Waals surface area contributed by atoms with Gasteiger partial charge in [-0.3, -0.25) is 4.79 Å². The number of anilines is 1. The fourth-order valence-electron chi connectivity index (χ4n) is 2.59. The molecule has 1 amide bonds. The highest BCUT2D eigenvalue weighted by atomic mass is 16.3. The lowest BCUT2D eigenvalue weighted by Crippen LogP contribution is -2.23. The Morgan fingerprint density at radius 2 is 2.05 bits per heavy atom. The zero-order valence-corrected chi connectivity index (χ0v) is 11.9. The highest BCUT2D eigenvalue weighted by Gasteiger charge is 2.13. The van der Waals surface area contributed by atoms with Crippen molar-refractivity contribution < 1.29 is 9.90 Å². The molecule has 0 atom stereocenters. The molecule has 1 heterocycles. The summed E-state index contributed by atoms with van der Waals surface area (Å²) in [4.78, 5) is 12.2. The number of aryl methyl sites for hydroxylation is 1. The molecule has 0 aliphatic carbocycles. The standard InChI is InChI=1S/C17H18N2O2/c1-11-2-5-15(16(20)8-11)17(21)19-14-4-3-12-6-7-18-10-13(12)9-14/h2-5,8-9,18,20H,6-7,10H2,1H3,(H,19,21). The van der Waals surface area contributed by atoms with E-state index in [1.807, 2.05) is 25.1 Å². The molecule has 21 heavy (non-hydrogen) atoms. The highest BCUT2D eigenvalue weighted by Crippen LogP contribution is 2.22. The van der Waals surface area contributed by atoms with Crippen molar-refractivity contribution in [3.05, 3.63) is 58.7 Å². The monoisotopic (exact) mass is 282 g/mol. The van der Waals surface area contributed by atoms with Gasteiger partial charge >= 0.3 is 0 Å². The van der Waals surface area contributed by atoms with Gasteiger partial charge in [0.25, 0.3) is 5.91 Å². The number of hydrogen-bond donors (Lipinski definition) is 3. The molecule has 1 aliphatic rings. The Hall–Kier alpha value is -2.33. The van der Waals surface area contributed by atoms with Gasteiger partial charge in [-0.25, -0.2) is 0 Å². The molecule has 0 bridgehead atoms. The number of fused-ring (bicyclic) bond motifs is 1. The van der Waals surface area contributed by atoms with Crippen LogP contribution in [0, 0.1) is 6.92 Å². The summed E-state index contributed by atoms with van der Waals surface area (Å²) in [6.45, 7) is 3.70. The summed E-state index contributed by atoms with van der Waals surface area (Å²) in [5, 5.41) is 16.0. The van der Waals surface area contributed by atoms with Crippen molar-refractivity contribution in [2.24, 2.45) is 0 Å². The number of nitrogens with one attached hydrogen (secondary N) is 2. The molecule has 0 spiro atoms. The number of amides is 1. The van der Waals surface area contributed by atoms with Crippen LogP contribution in [0.15, 0.2) is 36.4 Å². The number of phenols is 1. The van der Waals surface area contributed by atoms with E-state index in [-0.39, 0.29) is 17.2 Å². The van der Waals surface area contributed by atoms with E-state index in [2.05, 4.69) is 16.7 Å². The third-order valence-corrected chi connectivity index (χ3v) is 3.75. The Kier molecular flexibility index (Phi) is 3.62. The van der Waals surface area contributed by atoms with Crippen molar-refractivity contribution in [1.82, 2.24) is 5.32 Å². The first-order chi connectivity index (χ1) is 10.1. The molecule has 3 rings (SSSR count). The van der Waals surface area contributed by atoms with E-state index in [9.17, 15) is 9.90 Å². The quantitative estimate of drug-likeness (QED) is 0.793. The van der Waals surface area contributed by atoms with Crippen LogP contribution in [0.2, 0.25) is 0 Å². The van der Waals surface area contributed by atoms with E-state index < -0.39 is 0 Å². The van der Waals surface area contributed by atoms with Crippen LogP contribution in [0.4, 0.5) is 5.69 Å². The van der Waals surface area contributed by atoms with Crippen LogP contribution in [0.25, 0.3) is 0 Å². The molecular formula is C17H18N2O2. The van der Waals surface area contributed by atoms with Crippen LogP contribution >= 0.6 is 0 Å². The van der Waals surface area contributed by atoms with Gasteiger partial charge in [0.1, 0.15) is 5.75 Å². The third kappa shape index (κ3) is 2.90. The first kappa shape index (κ1) is 13.6. The van der Waals surface area contributed by atoms with Crippen LogP contribution in [0.3, 0.4) is 0 Å². The molecule has 0 fully saturated rings. The van der Waals surface area contributed by atoms with Gasteiger partial charge in [-0.05, 0) is 60.8 Å². The maximum atomic E-state index is 12.2. The fraction of sp³-hybridized carbons (Fsp3) is 0.235. The molecule has 4 nitrogen and oxygen atoms in total. The van der Waals surface area contributed by atoms with Gasteiger partial charge in [-0.2, -0.15) is 0 Å². The lowest BCUT2D eigenvalue weighted by Gasteiger charge is -2.18. The summed E-state index contributed by atoms with van der Waals surface area (Å²) in [5.74, 6) is -0.289. The van der Waals surface area contributed by atoms with E-state index >= 15 is 0 Å². The maximum Gasteiger partial charge on any atom is 0.259 e. The summed E-state index contributed by atoms with van der Waals surface area (Å²) < 4.78 is 0. The second-order valence-corrected chi connectivity index (χ2v) is 5.38. The lowest BCUT2D eigenvalue weighted by atomic mass is 10.0. The molecule has 0 saturated heterocycles. The normalized spacial score (nSPS) is 13.6. The number of carbonyl (C=O) groups excluding carboxylic acids is 1. The molecule has 2 aromatic rings. The first-order valence-corrected chi connectivity index (χ1v) is 7.07. The van der Waals surface area contributed by atoms with Gasteiger partial charge in [-0.1, -0.05) is 12.1 Å². The van der Waals surface area contributed by atoms with E-state index in [0.29, 0.717) is 0 Å². The van der Waals surface area contributed by atoms with Gasteiger partial charge in [0.2, 0.25) is 0 Å². The second-order valence-electron chi connectivity index (χ2n) is 5.38. The number of rotatable bonds is 2. The first-order valence-electron chi connectivity index (χ1n) is 7.07. The summed E-state index contributed by atoms with van der Waals surface area (Å²) in [6.07, 6.45) is 1.02. The van der Waals surface area contributed by atoms with Gasteiger partial charge in [-0.15, -0.1) is 0 Å².